The number of nitrogens with zero attached hydrogens (tertiary/aromatic N) is 3. The predicted octanol–water partition coefficient (Wildman–Crippen LogP) is 3.35. The van der Waals surface area contributed by atoms with Crippen LogP contribution in [0.1, 0.15) is 40.0 Å². The smallest absolute Gasteiger partial charge is 0.276 e. The third-order valence-corrected chi connectivity index (χ3v) is 5.96. The molecular weight excluding hydrogens is 382 g/mol. The van der Waals surface area contributed by atoms with Crippen molar-refractivity contribution in [1.82, 2.24) is 15.0 Å². The number of benzene rings is 1. The van der Waals surface area contributed by atoms with Crippen LogP contribution in [0.4, 0.5) is 0 Å². The molecule has 4 heterocycles. The molecule has 0 bridgehead atoms. The minimum absolute atomic E-state index is 0.0891. The van der Waals surface area contributed by atoms with Gasteiger partial charge >= 0.3 is 0 Å². The topological polar surface area (TPSA) is 77.7 Å². The highest BCUT2D eigenvalue weighted by atomic mass is 16.5. The Labute approximate surface area is 174 Å². The number of carbonyl (C=O) groups excluding carboxylic acids is 1. The maximum Gasteiger partial charge on any atom is 0.276 e. The molecule has 1 amide bonds. The van der Waals surface area contributed by atoms with Crippen LogP contribution in [-0.2, 0) is 23.4 Å². The summed E-state index contributed by atoms with van der Waals surface area (Å²) in [4.78, 5) is 18.5. The molecule has 2 aliphatic rings. The van der Waals surface area contributed by atoms with Gasteiger partial charge in [0.25, 0.3) is 5.91 Å². The molecule has 0 unspecified atom stereocenters. The fraction of sp³-hybridized carbons (Fsp3) is 0.348. The summed E-state index contributed by atoms with van der Waals surface area (Å²) in [6, 6.07) is 11.8. The summed E-state index contributed by atoms with van der Waals surface area (Å²) < 4.78 is 17.1. The number of fused-ring (bicyclic) bond motifs is 2. The number of ether oxygens (including phenoxy) is 2. The second-order valence-corrected chi connectivity index (χ2v) is 7.74. The predicted molar refractivity (Wildman–Crippen MR) is 108 cm³/mol. The minimum atomic E-state index is -0.337. The van der Waals surface area contributed by atoms with Crippen molar-refractivity contribution in [3.63, 3.8) is 0 Å². The van der Waals surface area contributed by atoms with E-state index in [9.17, 15) is 4.79 Å². The zero-order chi connectivity index (χ0) is 20.4. The molecule has 2 aromatic heterocycles. The molecule has 7 nitrogen and oxygen atoms in total. The van der Waals surface area contributed by atoms with E-state index in [4.69, 9.17) is 14.0 Å². The fourth-order valence-electron chi connectivity index (χ4n) is 4.37. The van der Waals surface area contributed by atoms with E-state index in [2.05, 4.69) is 22.3 Å². The number of piperidine rings is 1. The van der Waals surface area contributed by atoms with Gasteiger partial charge in [0.2, 0.25) is 0 Å². The summed E-state index contributed by atoms with van der Waals surface area (Å²) in [6.07, 6.45) is 7.39. The van der Waals surface area contributed by atoms with Gasteiger partial charge < -0.3 is 18.9 Å². The van der Waals surface area contributed by atoms with E-state index in [-0.39, 0.29) is 11.5 Å². The number of aromatic nitrogens is 2. The first-order valence-corrected chi connectivity index (χ1v) is 10.2. The number of amides is 1. The van der Waals surface area contributed by atoms with Crippen molar-refractivity contribution in [3.05, 3.63) is 77.4 Å². The summed E-state index contributed by atoms with van der Waals surface area (Å²) >= 11 is 0. The lowest BCUT2D eigenvalue weighted by Gasteiger charge is -2.45. The molecule has 0 aliphatic carbocycles. The first kappa shape index (κ1) is 18.8. The maximum atomic E-state index is 12.6. The summed E-state index contributed by atoms with van der Waals surface area (Å²) in [6.45, 7) is 2.43. The lowest BCUT2D eigenvalue weighted by Crippen LogP contribution is -2.48. The second kappa shape index (κ2) is 7.91. The molecule has 1 aromatic carbocycles. The molecule has 154 valence electrons. The number of pyridine rings is 1. The van der Waals surface area contributed by atoms with E-state index < -0.39 is 0 Å². The Morgan fingerprint density at radius 2 is 2.10 bits per heavy atom. The van der Waals surface area contributed by atoms with Gasteiger partial charge in [-0.15, -0.1) is 0 Å². The molecule has 0 radical (unpaired) electrons. The van der Waals surface area contributed by atoms with Gasteiger partial charge in [0.1, 0.15) is 18.6 Å². The number of hydrogen-bond donors (Lipinski definition) is 0. The van der Waals surface area contributed by atoms with E-state index in [1.807, 2.05) is 29.3 Å². The van der Waals surface area contributed by atoms with E-state index in [1.54, 1.807) is 12.3 Å². The van der Waals surface area contributed by atoms with Crippen LogP contribution in [0.15, 0.2) is 59.6 Å². The lowest BCUT2D eigenvalue weighted by molar-refractivity contribution is -0.0936. The SMILES string of the molecule is O=C(c1ccon1)N1CCC2(CC1)OCCc1cc(OCc3cccnc3)ccc12. The number of hydrogen-bond acceptors (Lipinski definition) is 6. The van der Waals surface area contributed by atoms with Crippen LogP contribution in [-0.4, -0.2) is 40.6 Å². The molecule has 3 aromatic rings. The Bertz CT molecular complexity index is 1010. The minimum Gasteiger partial charge on any atom is -0.489 e. The number of rotatable bonds is 4. The van der Waals surface area contributed by atoms with Crippen LogP contribution in [0.25, 0.3) is 0 Å². The third kappa shape index (κ3) is 3.57. The molecule has 2 aliphatic heterocycles. The van der Waals surface area contributed by atoms with Crippen molar-refractivity contribution in [2.24, 2.45) is 0 Å². The zero-order valence-electron chi connectivity index (χ0n) is 16.6. The summed E-state index contributed by atoms with van der Waals surface area (Å²) in [5.41, 5.74) is 3.54. The molecule has 1 saturated heterocycles. The van der Waals surface area contributed by atoms with Crippen molar-refractivity contribution in [2.45, 2.75) is 31.5 Å². The first-order valence-electron chi connectivity index (χ1n) is 10.2. The molecule has 0 saturated carbocycles. The van der Waals surface area contributed by atoms with Gasteiger partial charge in [0.15, 0.2) is 5.69 Å². The van der Waals surface area contributed by atoms with Crippen molar-refractivity contribution in [3.8, 4) is 5.75 Å². The Morgan fingerprint density at radius 3 is 2.87 bits per heavy atom. The van der Waals surface area contributed by atoms with Crippen LogP contribution in [0.2, 0.25) is 0 Å². The van der Waals surface area contributed by atoms with Gasteiger partial charge in [-0.1, -0.05) is 17.3 Å². The molecule has 30 heavy (non-hydrogen) atoms. The largest absolute Gasteiger partial charge is 0.489 e. The van der Waals surface area contributed by atoms with Gasteiger partial charge in [-0.2, -0.15) is 0 Å². The highest BCUT2D eigenvalue weighted by Crippen LogP contribution is 2.42. The molecule has 0 atom stereocenters. The maximum absolute atomic E-state index is 12.6. The van der Waals surface area contributed by atoms with Crippen LogP contribution in [0, 0.1) is 0 Å². The Kier molecular flexibility index (Phi) is 4.96. The first-order chi connectivity index (χ1) is 14.7. The van der Waals surface area contributed by atoms with Gasteiger partial charge in [-0.25, -0.2) is 0 Å². The molecular formula is C23H23N3O4. The average Bonchev–Trinajstić information content (AvgIpc) is 3.34. The van der Waals surface area contributed by atoms with E-state index >= 15 is 0 Å². The van der Waals surface area contributed by atoms with Crippen molar-refractivity contribution in [1.29, 1.82) is 0 Å². The Balaban J connectivity index is 1.29. The summed E-state index contributed by atoms with van der Waals surface area (Å²) in [5.74, 6) is 0.766. The normalized spacial score (nSPS) is 17.5. The quantitative estimate of drug-likeness (QED) is 0.662. The van der Waals surface area contributed by atoms with E-state index in [0.717, 1.165) is 30.6 Å². The average molecular weight is 405 g/mol. The molecule has 0 N–H and O–H groups in total. The third-order valence-electron chi connectivity index (χ3n) is 5.96. The second-order valence-electron chi connectivity index (χ2n) is 7.74. The van der Waals surface area contributed by atoms with Crippen LogP contribution in [0.3, 0.4) is 0 Å². The standard InChI is InChI=1S/C23H23N3O4/c27-22(21-6-13-30-25-21)26-10-7-23(8-11-26)20-4-3-19(14-18(20)5-12-29-23)28-16-17-2-1-9-24-15-17/h1-4,6,9,13-15H,5,7-8,10-12,16H2. The zero-order valence-corrected chi connectivity index (χ0v) is 16.6. The fourth-order valence-corrected chi connectivity index (χ4v) is 4.37. The molecule has 1 spiro atoms. The summed E-state index contributed by atoms with van der Waals surface area (Å²) in [7, 11) is 0. The van der Waals surface area contributed by atoms with Gasteiger partial charge in [0.05, 0.1) is 12.2 Å². The Morgan fingerprint density at radius 1 is 1.20 bits per heavy atom. The molecule has 5 rings (SSSR count). The van der Waals surface area contributed by atoms with Crippen LogP contribution in [0.5, 0.6) is 5.75 Å². The number of carbonyl (C=O) groups is 1. The highest BCUT2D eigenvalue weighted by molar-refractivity contribution is 5.92. The highest BCUT2D eigenvalue weighted by Gasteiger charge is 2.42. The molecule has 1 fully saturated rings. The van der Waals surface area contributed by atoms with E-state index in [1.165, 1.54) is 17.4 Å². The van der Waals surface area contributed by atoms with Gasteiger partial charge in [0, 0.05) is 37.1 Å². The lowest BCUT2D eigenvalue weighted by atomic mass is 9.79. The van der Waals surface area contributed by atoms with E-state index in [0.29, 0.717) is 32.0 Å². The number of likely N-dealkylation sites (tertiary alicyclic amines) is 1. The van der Waals surface area contributed by atoms with Crippen LogP contribution >= 0.6 is 0 Å². The molecule has 7 heteroatoms. The van der Waals surface area contributed by atoms with Crippen molar-refractivity contribution < 1.29 is 18.8 Å². The monoisotopic (exact) mass is 405 g/mol. The summed E-state index contributed by atoms with van der Waals surface area (Å²) in [5, 5.41) is 3.77. The Hall–Kier alpha value is -3.19. The van der Waals surface area contributed by atoms with Crippen molar-refractivity contribution in [2.75, 3.05) is 19.7 Å². The van der Waals surface area contributed by atoms with Crippen molar-refractivity contribution >= 4 is 5.91 Å². The van der Waals surface area contributed by atoms with Gasteiger partial charge in [-0.05, 0) is 48.6 Å². The van der Waals surface area contributed by atoms with Gasteiger partial charge in [-0.3, -0.25) is 9.78 Å². The van der Waals surface area contributed by atoms with Crippen LogP contribution < -0.4 is 4.74 Å².